The smallest absolute Gasteiger partial charge is 0.406 e. The van der Waals surface area contributed by atoms with Gasteiger partial charge in [-0.2, -0.15) is 0 Å². The second-order valence-corrected chi connectivity index (χ2v) is 5.42. The van der Waals surface area contributed by atoms with E-state index in [9.17, 15) is 9.59 Å². The van der Waals surface area contributed by atoms with E-state index in [-0.39, 0.29) is 5.91 Å². The molecule has 0 aromatic rings. The van der Waals surface area contributed by atoms with Crippen molar-refractivity contribution in [3.8, 4) is 0 Å². The Hall–Kier alpha value is -1.30. The first kappa shape index (κ1) is 16.8. The summed E-state index contributed by atoms with van der Waals surface area (Å²) in [6.45, 7) is 6.65. The van der Waals surface area contributed by atoms with Gasteiger partial charge < -0.3 is 20.3 Å². The van der Waals surface area contributed by atoms with Crippen molar-refractivity contribution < 1.29 is 14.3 Å². The van der Waals surface area contributed by atoms with Gasteiger partial charge in [0.2, 0.25) is 5.91 Å². The maximum Gasteiger partial charge on any atom is 0.406 e. The van der Waals surface area contributed by atoms with Crippen molar-refractivity contribution in [3.63, 3.8) is 0 Å². The summed E-state index contributed by atoms with van der Waals surface area (Å²) in [5.74, 6) is 0.811. The Bertz CT molecular complexity index is 310. The van der Waals surface area contributed by atoms with Gasteiger partial charge in [0.25, 0.3) is 0 Å². The van der Waals surface area contributed by atoms with Crippen molar-refractivity contribution in [2.45, 2.75) is 32.6 Å². The third-order valence-electron chi connectivity index (χ3n) is 3.53. The molecule has 1 aliphatic rings. The Labute approximate surface area is 121 Å². The largest absolute Gasteiger partial charge is 0.453 e. The van der Waals surface area contributed by atoms with Crippen LogP contribution in [0.5, 0.6) is 0 Å². The normalized spacial score (nSPS) is 19.4. The molecule has 1 saturated heterocycles. The summed E-state index contributed by atoms with van der Waals surface area (Å²) in [6.07, 6.45) is 3.18. The number of rotatable bonds is 7. The molecule has 0 bridgehead atoms. The number of ether oxygens (including phenoxy) is 1. The average Bonchev–Trinajstić information content (AvgIpc) is 2.43. The summed E-state index contributed by atoms with van der Waals surface area (Å²) in [5.41, 5.74) is 0. The van der Waals surface area contributed by atoms with E-state index in [0.29, 0.717) is 25.9 Å². The van der Waals surface area contributed by atoms with E-state index in [2.05, 4.69) is 27.2 Å². The quantitative estimate of drug-likeness (QED) is 0.684. The molecule has 1 fully saturated rings. The SMILES string of the molecule is COC(=O)NCCCC(=O)NCCN1CCC[C@H](C)C1. The lowest BCUT2D eigenvalue weighted by atomic mass is 10.0. The average molecular weight is 285 g/mol. The summed E-state index contributed by atoms with van der Waals surface area (Å²) in [6, 6.07) is 0. The molecule has 0 unspecified atom stereocenters. The summed E-state index contributed by atoms with van der Waals surface area (Å²) < 4.78 is 4.44. The van der Waals surface area contributed by atoms with Crippen LogP contribution in [-0.2, 0) is 9.53 Å². The third kappa shape index (κ3) is 7.33. The minimum absolute atomic E-state index is 0.0433. The predicted molar refractivity (Wildman–Crippen MR) is 77.5 cm³/mol. The van der Waals surface area contributed by atoms with Crippen LogP contribution in [0.2, 0.25) is 0 Å². The van der Waals surface area contributed by atoms with Gasteiger partial charge in [0.05, 0.1) is 7.11 Å². The van der Waals surface area contributed by atoms with Crippen molar-refractivity contribution in [1.82, 2.24) is 15.5 Å². The summed E-state index contributed by atoms with van der Waals surface area (Å²) in [4.78, 5) is 24.8. The predicted octanol–water partition coefficient (Wildman–Crippen LogP) is 0.971. The van der Waals surface area contributed by atoms with Gasteiger partial charge >= 0.3 is 6.09 Å². The lowest BCUT2D eigenvalue weighted by Crippen LogP contribution is -2.40. The number of alkyl carbamates (subject to hydrolysis) is 1. The molecule has 0 spiro atoms. The maximum absolute atomic E-state index is 11.6. The zero-order valence-corrected chi connectivity index (χ0v) is 12.6. The third-order valence-corrected chi connectivity index (χ3v) is 3.53. The molecule has 20 heavy (non-hydrogen) atoms. The number of carbonyl (C=O) groups is 2. The second-order valence-electron chi connectivity index (χ2n) is 5.42. The number of likely N-dealkylation sites (tertiary alicyclic amines) is 1. The molecule has 0 aromatic carbocycles. The summed E-state index contributed by atoms with van der Waals surface area (Å²) in [7, 11) is 1.32. The van der Waals surface area contributed by atoms with E-state index in [1.54, 1.807) is 0 Å². The summed E-state index contributed by atoms with van der Waals surface area (Å²) in [5, 5.41) is 5.47. The summed E-state index contributed by atoms with van der Waals surface area (Å²) >= 11 is 0. The van der Waals surface area contributed by atoms with E-state index in [1.165, 1.54) is 20.0 Å². The number of methoxy groups -OCH3 is 1. The number of hydrogen-bond acceptors (Lipinski definition) is 4. The number of carbonyl (C=O) groups excluding carboxylic acids is 2. The van der Waals surface area contributed by atoms with Gasteiger partial charge in [-0.15, -0.1) is 0 Å². The highest BCUT2D eigenvalue weighted by atomic mass is 16.5. The maximum atomic E-state index is 11.6. The van der Waals surface area contributed by atoms with Crippen molar-refractivity contribution in [2.75, 3.05) is 39.8 Å². The van der Waals surface area contributed by atoms with E-state index < -0.39 is 6.09 Å². The molecule has 1 heterocycles. The fourth-order valence-corrected chi connectivity index (χ4v) is 2.44. The molecule has 0 aliphatic carbocycles. The number of nitrogens with zero attached hydrogens (tertiary/aromatic N) is 1. The lowest BCUT2D eigenvalue weighted by molar-refractivity contribution is -0.121. The molecular formula is C14H27N3O3. The van der Waals surface area contributed by atoms with Crippen LogP contribution in [0.15, 0.2) is 0 Å². The van der Waals surface area contributed by atoms with E-state index in [1.807, 2.05) is 0 Å². The molecular weight excluding hydrogens is 258 g/mol. The van der Waals surface area contributed by atoms with Gasteiger partial charge in [-0.05, 0) is 31.7 Å². The van der Waals surface area contributed by atoms with Crippen LogP contribution in [-0.4, -0.2) is 56.7 Å². The standard InChI is InChI=1S/C14H27N3O3/c1-12-5-4-9-17(11-12)10-8-15-13(18)6-3-7-16-14(19)20-2/h12H,3-11H2,1-2H3,(H,15,18)(H,16,19)/t12-/m0/s1. The zero-order valence-electron chi connectivity index (χ0n) is 12.6. The van der Waals surface area contributed by atoms with E-state index >= 15 is 0 Å². The molecule has 0 aromatic heterocycles. The van der Waals surface area contributed by atoms with Crippen LogP contribution in [0.3, 0.4) is 0 Å². The van der Waals surface area contributed by atoms with Crippen LogP contribution in [0.25, 0.3) is 0 Å². The van der Waals surface area contributed by atoms with Crippen LogP contribution < -0.4 is 10.6 Å². The Morgan fingerprint density at radius 3 is 2.80 bits per heavy atom. The minimum atomic E-state index is -0.454. The molecule has 6 nitrogen and oxygen atoms in total. The first-order valence-electron chi connectivity index (χ1n) is 7.42. The lowest BCUT2D eigenvalue weighted by Gasteiger charge is -2.30. The molecule has 1 rings (SSSR count). The van der Waals surface area contributed by atoms with E-state index in [4.69, 9.17) is 0 Å². The minimum Gasteiger partial charge on any atom is -0.453 e. The first-order valence-corrected chi connectivity index (χ1v) is 7.42. The van der Waals surface area contributed by atoms with Crippen LogP contribution in [0.1, 0.15) is 32.6 Å². The zero-order chi connectivity index (χ0) is 14.8. The topological polar surface area (TPSA) is 70.7 Å². The number of piperidine rings is 1. The van der Waals surface area contributed by atoms with Crippen molar-refractivity contribution in [1.29, 1.82) is 0 Å². The van der Waals surface area contributed by atoms with Crippen molar-refractivity contribution in [3.05, 3.63) is 0 Å². The Kier molecular flexibility index (Phi) is 8.02. The van der Waals surface area contributed by atoms with Crippen LogP contribution in [0, 0.1) is 5.92 Å². The van der Waals surface area contributed by atoms with Crippen molar-refractivity contribution in [2.24, 2.45) is 5.92 Å². The molecule has 116 valence electrons. The van der Waals surface area contributed by atoms with E-state index in [0.717, 1.165) is 25.6 Å². The second kappa shape index (κ2) is 9.58. The van der Waals surface area contributed by atoms with Crippen molar-refractivity contribution >= 4 is 12.0 Å². The molecule has 0 saturated carbocycles. The van der Waals surface area contributed by atoms with Gasteiger partial charge in [-0.25, -0.2) is 4.79 Å². The van der Waals surface area contributed by atoms with Gasteiger partial charge in [0, 0.05) is 32.6 Å². The fourth-order valence-electron chi connectivity index (χ4n) is 2.44. The van der Waals surface area contributed by atoms with Gasteiger partial charge in [-0.1, -0.05) is 6.92 Å². The van der Waals surface area contributed by atoms with Gasteiger partial charge in [0.15, 0.2) is 0 Å². The molecule has 6 heteroatoms. The molecule has 2 N–H and O–H groups in total. The first-order chi connectivity index (χ1) is 9.61. The van der Waals surface area contributed by atoms with Crippen LogP contribution in [0.4, 0.5) is 4.79 Å². The molecule has 2 amide bonds. The number of hydrogen-bond donors (Lipinski definition) is 2. The number of amides is 2. The highest BCUT2D eigenvalue weighted by Gasteiger charge is 2.15. The highest BCUT2D eigenvalue weighted by molar-refractivity contribution is 5.75. The highest BCUT2D eigenvalue weighted by Crippen LogP contribution is 2.14. The Morgan fingerprint density at radius 1 is 1.30 bits per heavy atom. The molecule has 0 radical (unpaired) electrons. The fraction of sp³-hybridized carbons (Fsp3) is 0.857. The molecule has 1 atom stereocenters. The van der Waals surface area contributed by atoms with Crippen LogP contribution >= 0.6 is 0 Å². The Morgan fingerprint density at radius 2 is 2.10 bits per heavy atom. The molecule has 1 aliphatic heterocycles. The Balaban J connectivity index is 1.98. The van der Waals surface area contributed by atoms with Gasteiger partial charge in [-0.3, -0.25) is 4.79 Å². The number of nitrogens with one attached hydrogen (secondary N) is 2. The monoisotopic (exact) mass is 285 g/mol. The van der Waals surface area contributed by atoms with Gasteiger partial charge in [0.1, 0.15) is 0 Å².